The van der Waals surface area contributed by atoms with Crippen molar-refractivity contribution in [1.82, 2.24) is 0 Å². The SMILES string of the molecule is CCCCCOC(=O)/C=C/C1CCC(C2CCC(CCCCC)CC2)CC1. The highest BCUT2D eigenvalue weighted by molar-refractivity contribution is 5.81. The number of hydrogen-bond acceptors (Lipinski definition) is 2. The maximum atomic E-state index is 11.8. The molecule has 0 N–H and O–H groups in total. The Balaban J connectivity index is 1.59. The van der Waals surface area contributed by atoms with E-state index in [-0.39, 0.29) is 5.97 Å². The van der Waals surface area contributed by atoms with Crippen LogP contribution >= 0.6 is 0 Å². The molecule has 27 heavy (non-hydrogen) atoms. The Bertz CT molecular complexity index is 412. The van der Waals surface area contributed by atoms with Gasteiger partial charge in [-0.1, -0.05) is 71.3 Å². The molecule has 2 fully saturated rings. The summed E-state index contributed by atoms with van der Waals surface area (Å²) in [4.78, 5) is 11.8. The molecule has 156 valence electrons. The summed E-state index contributed by atoms with van der Waals surface area (Å²) in [5.74, 6) is 3.41. The zero-order valence-electron chi connectivity index (χ0n) is 18.1. The number of rotatable bonds is 11. The molecule has 2 aliphatic carbocycles. The fourth-order valence-electron chi connectivity index (χ4n) is 5.23. The van der Waals surface area contributed by atoms with Gasteiger partial charge < -0.3 is 4.74 Å². The molecule has 0 unspecified atom stereocenters. The van der Waals surface area contributed by atoms with Crippen LogP contribution in [0.3, 0.4) is 0 Å². The van der Waals surface area contributed by atoms with Crippen molar-refractivity contribution in [1.29, 1.82) is 0 Å². The molecular weight excluding hydrogens is 332 g/mol. The van der Waals surface area contributed by atoms with Gasteiger partial charge in [0.2, 0.25) is 0 Å². The highest BCUT2D eigenvalue weighted by atomic mass is 16.5. The third-order valence-corrected chi connectivity index (χ3v) is 7.09. The maximum Gasteiger partial charge on any atom is 0.330 e. The molecule has 2 heteroatoms. The van der Waals surface area contributed by atoms with Crippen LogP contribution in [0.2, 0.25) is 0 Å². The lowest BCUT2D eigenvalue weighted by Crippen LogP contribution is -2.25. The number of hydrogen-bond donors (Lipinski definition) is 0. The largest absolute Gasteiger partial charge is 0.463 e. The molecule has 0 aliphatic heterocycles. The van der Waals surface area contributed by atoms with Crippen molar-refractivity contribution >= 4 is 5.97 Å². The van der Waals surface area contributed by atoms with Crippen LogP contribution in [0.5, 0.6) is 0 Å². The van der Waals surface area contributed by atoms with E-state index < -0.39 is 0 Å². The van der Waals surface area contributed by atoms with Gasteiger partial charge in [-0.2, -0.15) is 0 Å². The lowest BCUT2D eigenvalue weighted by Gasteiger charge is -2.37. The van der Waals surface area contributed by atoms with Gasteiger partial charge in [-0.3, -0.25) is 0 Å². The molecule has 2 saturated carbocycles. The minimum atomic E-state index is -0.144. The molecule has 2 nitrogen and oxygen atoms in total. The van der Waals surface area contributed by atoms with E-state index in [4.69, 9.17) is 4.74 Å². The normalized spacial score (nSPS) is 29.1. The second-order valence-electron chi connectivity index (χ2n) is 9.19. The minimum Gasteiger partial charge on any atom is -0.463 e. The Kier molecular flexibility index (Phi) is 11.2. The van der Waals surface area contributed by atoms with Crippen LogP contribution in [0.4, 0.5) is 0 Å². The zero-order valence-corrected chi connectivity index (χ0v) is 18.1. The van der Waals surface area contributed by atoms with Crippen LogP contribution < -0.4 is 0 Å². The lowest BCUT2D eigenvalue weighted by molar-refractivity contribution is -0.137. The molecule has 0 bridgehead atoms. The van der Waals surface area contributed by atoms with Crippen LogP contribution in [-0.2, 0) is 9.53 Å². The molecule has 0 atom stereocenters. The average molecular weight is 377 g/mol. The fourth-order valence-corrected chi connectivity index (χ4v) is 5.23. The molecule has 0 aromatic rings. The van der Waals surface area contributed by atoms with E-state index in [0.717, 1.165) is 37.0 Å². The van der Waals surface area contributed by atoms with Crippen LogP contribution in [0.15, 0.2) is 12.2 Å². The van der Waals surface area contributed by atoms with Crippen molar-refractivity contribution in [3.8, 4) is 0 Å². The van der Waals surface area contributed by atoms with Crippen LogP contribution in [0.25, 0.3) is 0 Å². The molecule has 0 radical (unpaired) electrons. The maximum absolute atomic E-state index is 11.8. The number of esters is 1. The van der Waals surface area contributed by atoms with Gasteiger partial charge in [-0.25, -0.2) is 4.79 Å². The summed E-state index contributed by atoms with van der Waals surface area (Å²) >= 11 is 0. The Morgan fingerprint density at radius 2 is 1.41 bits per heavy atom. The molecule has 2 rings (SSSR count). The van der Waals surface area contributed by atoms with E-state index in [1.165, 1.54) is 77.0 Å². The van der Waals surface area contributed by atoms with Crippen molar-refractivity contribution < 1.29 is 9.53 Å². The summed E-state index contributed by atoms with van der Waals surface area (Å²) in [7, 11) is 0. The van der Waals surface area contributed by atoms with Gasteiger partial charge in [-0.05, 0) is 68.6 Å². The number of carbonyl (C=O) groups excluding carboxylic acids is 1. The van der Waals surface area contributed by atoms with E-state index in [1.54, 1.807) is 6.08 Å². The third kappa shape index (κ3) is 8.83. The number of unbranched alkanes of at least 4 members (excludes halogenated alkanes) is 4. The lowest BCUT2D eigenvalue weighted by atomic mass is 9.68. The topological polar surface area (TPSA) is 26.3 Å². The number of ether oxygens (including phenoxy) is 1. The highest BCUT2D eigenvalue weighted by Gasteiger charge is 2.30. The quantitative estimate of drug-likeness (QED) is 0.212. The predicted molar refractivity (Wildman–Crippen MR) is 115 cm³/mol. The van der Waals surface area contributed by atoms with Crippen molar-refractivity contribution in [2.75, 3.05) is 6.61 Å². The molecular formula is C25H44O2. The fraction of sp³-hybridized carbons (Fsp3) is 0.880. The monoisotopic (exact) mass is 376 g/mol. The average Bonchev–Trinajstić information content (AvgIpc) is 2.71. The predicted octanol–water partition coefficient (Wildman–Crippen LogP) is 7.47. The summed E-state index contributed by atoms with van der Waals surface area (Å²) in [6, 6.07) is 0. The van der Waals surface area contributed by atoms with Gasteiger partial charge in [-0.15, -0.1) is 0 Å². The summed E-state index contributed by atoms with van der Waals surface area (Å²) in [6.07, 6.45) is 24.0. The Morgan fingerprint density at radius 1 is 0.815 bits per heavy atom. The second-order valence-corrected chi connectivity index (χ2v) is 9.19. The first kappa shape index (κ1) is 22.5. The van der Waals surface area contributed by atoms with Crippen molar-refractivity contribution in [2.45, 2.75) is 110 Å². The Morgan fingerprint density at radius 3 is 2.04 bits per heavy atom. The van der Waals surface area contributed by atoms with Gasteiger partial charge in [0, 0.05) is 6.08 Å². The molecule has 0 aromatic carbocycles. The first-order valence-corrected chi connectivity index (χ1v) is 12.1. The van der Waals surface area contributed by atoms with Gasteiger partial charge in [0.05, 0.1) is 6.61 Å². The van der Waals surface area contributed by atoms with Crippen molar-refractivity contribution in [3.63, 3.8) is 0 Å². The summed E-state index contributed by atoms with van der Waals surface area (Å²) in [5.41, 5.74) is 0. The van der Waals surface area contributed by atoms with E-state index in [9.17, 15) is 4.79 Å². The molecule has 0 amide bonds. The van der Waals surface area contributed by atoms with E-state index in [0.29, 0.717) is 12.5 Å². The van der Waals surface area contributed by atoms with Crippen LogP contribution in [-0.4, -0.2) is 12.6 Å². The van der Waals surface area contributed by atoms with Gasteiger partial charge in [0.15, 0.2) is 0 Å². The second kappa shape index (κ2) is 13.4. The van der Waals surface area contributed by atoms with E-state index in [2.05, 4.69) is 19.9 Å². The summed E-state index contributed by atoms with van der Waals surface area (Å²) in [5, 5.41) is 0. The van der Waals surface area contributed by atoms with Crippen molar-refractivity contribution in [3.05, 3.63) is 12.2 Å². The van der Waals surface area contributed by atoms with E-state index in [1.807, 2.05) is 0 Å². The zero-order chi connectivity index (χ0) is 19.3. The van der Waals surface area contributed by atoms with Crippen LogP contribution in [0.1, 0.15) is 110 Å². The smallest absolute Gasteiger partial charge is 0.330 e. The molecule has 2 aliphatic rings. The Hall–Kier alpha value is -0.790. The molecule has 0 saturated heterocycles. The molecule has 0 spiro atoms. The standard InChI is InChI=1S/C25H44O2/c1-3-5-7-9-21-10-15-23(16-11-21)24-17-12-22(13-18-24)14-19-25(26)27-20-8-6-4-2/h14,19,21-24H,3-13,15-18,20H2,1-2H3/b19-14+. The first-order chi connectivity index (χ1) is 13.2. The van der Waals surface area contributed by atoms with Crippen LogP contribution in [0, 0.1) is 23.7 Å². The highest BCUT2D eigenvalue weighted by Crippen LogP contribution is 2.42. The molecule has 0 aromatic heterocycles. The first-order valence-electron chi connectivity index (χ1n) is 12.1. The van der Waals surface area contributed by atoms with E-state index >= 15 is 0 Å². The third-order valence-electron chi connectivity index (χ3n) is 7.09. The molecule has 0 heterocycles. The summed E-state index contributed by atoms with van der Waals surface area (Å²) < 4.78 is 5.27. The van der Waals surface area contributed by atoms with Gasteiger partial charge in [0.25, 0.3) is 0 Å². The Labute approximate surface area is 168 Å². The van der Waals surface area contributed by atoms with Gasteiger partial charge in [0.1, 0.15) is 0 Å². The summed E-state index contributed by atoms with van der Waals surface area (Å²) in [6.45, 7) is 5.04. The van der Waals surface area contributed by atoms with Crippen molar-refractivity contribution in [2.24, 2.45) is 23.7 Å². The number of carbonyl (C=O) groups is 1. The minimum absolute atomic E-state index is 0.144. The number of allylic oxidation sites excluding steroid dienone is 1. The van der Waals surface area contributed by atoms with Gasteiger partial charge >= 0.3 is 5.97 Å².